The number of allylic oxidation sites excluding steroid dienone is 2. The van der Waals surface area contributed by atoms with Crippen LogP contribution in [0.1, 0.15) is 51.3 Å². The molecule has 0 N–H and O–H groups in total. The predicted molar refractivity (Wildman–Crippen MR) is 132 cm³/mol. The van der Waals surface area contributed by atoms with Crippen LogP contribution in [0.3, 0.4) is 0 Å². The first kappa shape index (κ1) is 24.5. The standard InChI is InChI=1S/C28H27NO5/c1-19(2)12-15-23-24(32-3)17-21(14-13-20-9-6-5-7-10-20)25(28(31)33-4)26(23)34-27(30)22-11-8-16-29-18-22/h5-14,16-18H,15H2,1-4H3. The minimum Gasteiger partial charge on any atom is -0.496 e. The fraction of sp³-hybridized carbons (Fsp3) is 0.179. The summed E-state index contributed by atoms with van der Waals surface area (Å²) in [5.41, 5.74) is 3.49. The lowest BCUT2D eigenvalue weighted by molar-refractivity contribution is 0.0592. The van der Waals surface area contributed by atoms with Crippen molar-refractivity contribution in [3.05, 3.63) is 100 Å². The van der Waals surface area contributed by atoms with E-state index < -0.39 is 11.9 Å². The summed E-state index contributed by atoms with van der Waals surface area (Å²) in [5.74, 6) is -0.664. The van der Waals surface area contributed by atoms with Gasteiger partial charge in [-0.25, -0.2) is 9.59 Å². The van der Waals surface area contributed by atoms with E-state index in [1.54, 1.807) is 30.5 Å². The van der Waals surface area contributed by atoms with Gasteiger partial charge in [0.25, 0.3) is 0 Å². The van der Waals surface area contributed by atoms with E-state index in [2.05, 4.69) is 4.98 Å². The van der Waals surface area contributed by atoms with Crippen molar-refractivity contribution >= 4 is 24.1 Å². The molecule has 0 aliphatic heterocycles. The van der Waals surface area contributed by atoms with E-state index in [-0.39, 0.29) is 16.9 Å². The number of methoxy groups -OCH3 is 2. The molecule has 3 aromatic rings. The van der Waals surface area contributed by atoms with E-state index in [0.717, 1.165) is 11.1 Å². The van der Waals surface area contributed by atoms with Gasteiger partial charge in [-0.2, -0.15) is 0 Å². The van der Waals surface area contributed by atoms with Gasteiger partial charge in [-0.3, -0.25) is 4.98 Å². The first-order chi connectivity index (χ1) is 16.4. The molecule has 34 heavy (non-hydrogen) atoms. The van der Waals surface area contributed by atoms with Crippen LogP contribution in [0, 0.1) is 0 Å². The van der Waals surface area contributed by atoms with Crippen molar-refractivity contribution in [3.63, 3.8) is 0 Å². The topological polar surface area (TPSA) is 74.7 Å². The van der Waals surface area contributed by atoms with Crippen LogP contribution in [0.5, 0.6) is 11.5 Å². The highest BCUT2D eigenvalue weighted by Gasteiger charge is 2.26. The Kier molecular flexibility index (Phi) is 8.35. The van der Waals surface area contributed by atoms with E-state index in [9.17, 15) is 9.59 Å². The molecular formula is C28H27NO5. The van der Waals surface area contributed by atoms with Gasteiger partial charge in [0.15, 0.2) is 5.75 Å². The van der Waals surface area contributed by atoms with Gasteiger partial charge in [0.1, 0.15) is 11.3 Å². The van der Waals surface area contributed by atoms with Crippen molar-refractivity contribution in [2.45, 2.75) is 20.3 Å². The van der Waals surface area contributed by atoms with Crippen molar-refractivity contribution in [2.24, 2.45) is 0 Å². The number of rotatable bonds is 8. The number of benzene rings is 2. The summed E-state index contributed by atoms with van der Waals surface area (Å²) < 4.78 is 16.6. The first-order valence-electron chi connectivity index (χ1n) is 10.8. The molecule has 0 bridgehead atoms. The maximum atomic E-state index is 13.0. The van der Waals surface area contributed by atoms with Crippen LogP contribution in [-0.4, -0.2) is 31.1 Å². The van der Waals surface area contributed by atoms with Crippen molar-refractivity contribution in [3.8, 4) is 11.5 Å². The SMILES string of the molecule is COC(=O)c1c(C=Cc2ccccc2)cc(OC)c(CC=C(C)C)c1OC(=O)c1cccnc1. The maximum Gasteiger partial charge on any atom is 0.345 e. The Bertz CT molecular complexity index is 1210. The highest BCUT2D eigenvalue weighted by molar-refractivity contribution is 6.01. The largest absolute Gasteiger partial charge is 0.496 e. The fourth-order valence-corrected chi connectivity index (χ4v) is 3.32. The molecule has 1 aromatic heterocycles. The van der Waals surface area contributed by atoms with Gasteiger partial charge in [0.05, 0.1) is 19.8 Å². The van der Waals surface area contributed by atoms with E-state index in [1.807, 2.05) is 56.3 Å². The molecule has 0 saturated heterocycles. The third kappa shape index (κ3) is 5.98. The average Bonchev–Trinajstić information content (AvgIpc) is 2.86. The maximum absolute atomic E-state index is 13.0. The zero-order valence-electron chi connectivity index (χ0n) is 19.7. The molecule has 6 heteroatoms. The molecule has 3 rings (SSSR count). The van der Waals surface area contributed by atoms with Crippen LogP contribution < -0.4 is 9.47 Å². The summed E-state index contributed by atoms with van der Waals surface area (Å²) >= 11 is 0. The van der Waals surface area contributed by atoms with E-state index in [4.69, 9.17) is 14.2 Å². The molecule has 0 spiro atoms. The molecule has 6 nitrogen and oxygen atoms in total. The molecule has 0 unspecified atom stereocenters. The van der Waals surface area contributed by atoms with Crippen LogP contribution in [0.4, 0.5) is 0 Å². The van der Waals surface area contributed by atoms with Crippen molar-refractivity contribution < 1.29 is 23.8 Å². The number of ether oxygens (including phenoxy) is 3. The Balaban J connectivity index is 2.23. The fourth-order valence-electron chi connectivity index (χ4n) is 3.32. The van der Waals surface area contributed by atoms with Gasteiger partial charge in [-0.05, 0) is 49.6 Å². The van der Waals surface area contributed by atoms with Gasteiger partial charge in [0.2, 0.25) is 0 Å². The highest BCUT2D eigenvalue weighted by Crippen LogP contribution is 2.38. The second kappa shape index (κ2) is 11.6. The normalized spacial score (nSPS) is 10.6. The molecule has 0 radical (unpaired) electrons. The van der Waals surface area contributed by atoms with Gasteiger partial charge >= 0.3 is 11.9 Å². The summed E-state index contributed by atoms with van der Waals surface area (Å²) in [6.07, 6.45) is 8.98. The first-order valence-corrected chi connectivity index (χ1v) is 10.8. The lowest BCUT2D eigenvalue weighted by Gasteiger charge is -2.19. The molecule has 0 atom stereocenters. The van der Waals surface area contributed by atoms with Crippen LogP contribution in [0.15, 0.2) is 72.6 Å². The van der Waals surface area contributed by atoms with E-state index in [0.29, 0.717) is 23.3 Å². The van der Waals surface area contributed by atoms with Crippen LogP contribution in [0.2, 0.25) is 0 Å². The lowest BCUT2D eigenvalue weighted by atomic mass is 9.97. The van der Waals surface area contributed by atoms with Gasteiger partial charge in [-0.1, -0.05) is 54.1 Å². The van der Waals surface area contributed by atoms with E-state index in [1.165, 1.54) is 20.4 Å². The molecule has 0 saturated carbocycles. The van der Waals surface area contributed by atoms with Gasteiger partial charge < -0.3 is 14.2 Å². The van der Waals surface area contributed by atoms with Crippen LogP contribution in [0.25, 0.3) is 12.2 Å². The Labute approximate surface area is 199 Å². The summed E-state index contributed by atoms with van der Waals surface area (Å²) in [5, 5.41) is 0. The Morgan fingerprint density at radius 1 is 0.971 bits per heavy atom. The molecule has 174 valence electrons. The van der Waals surface area contributed by atoms with Gasteiger partial charge in [-0.15, -0.1) is 0 Å². The summed E-state index contributed by atoms with van der Waals surface area (Å²) in [7, 11) is 2.83. The minimum atomic E-state index is -0.636. The second-order valence-corrected chi connectivity index (χ2v) is 7.70. The lowest BCUT2D eigenvalue weighted by Crippen LogP contribution is -2.16. The van der Waals surface area contributed by atoms with E-state index >= 15 is 0 Å². The second-order valence-electron chi connectivity index (χ2n) is 7.70. The third-order valence-corrected chi connectivity index (χ3v) is 5.04. The highest BCUT2D eigenvalue weighted by atomic mass is 16.5. The monoisotopic (exact) mass is 457 g/mol. The summed E-state index contributed by atoms with van der Waals surface area (Å²) in [6.45, 7) is 3.93. The van der Waals surface area contributed by atoms with Crippen molar-refractivity contribution in [1.29, 1.82) is 0 Å². The molecular weight excluding hydrogens is 430 g/mol. The molecule has 1 heterocycles. The molecule has 0 fully saturated rings. The van der Waals surface area contributed by atoms with Crippen molar-refractivity contribution in [2.75, 3.05) is 14.2 Å². The number of carbonyl (C=O) groups is 2. The number of pyridine rings is 1. The Morgan fingerprint density at radius 2 is 1.74 bits per heavy atom. The Morgan fingerprint density at radius 3 is 2.35 bits per heavy atom. The average molecular weight is 458 g/mol. The smallest absolute Gasteiger partial charge is 0.345 e. The third-order valence-electron chi connectivity index (χ3n) is 5.04. The number of carbonyl (C=O) groups excluding carboxylic acids is 2. The summed E-state index contributed by atoms with van der Waals surface area (Å²) in [4.78, 5) is 29.9. The zero-order chi connectivity index (χ0) is 24.5. The predicted octanol–water partition coefficient (Wildman–Crippen LogP) is 5.78. The Hall–Kier alpha value is -4.19. The number of aromatic nitrogens is 1. The molecule has 0 aliphatic carbocycles. The minimum absolute atomic E-state index is 0.102. The number of hydrogen-bond donors (Lipinski definition) is 0. The van der Waals surface area contributed by atoms with Gasteiger partial charge in [0, 0.05) is 18.0 Å². The molecule has 0 amide bonds. The quantitative estimate of drug-likeness (QED) is 0.185. The number of hydrogen-bond acceptors (Lipinski definition) is 6. The molecule has 2 aromatic carbocycles. The van der Waals surface area contributed by atoms with Crippen molar-refractivity contribution in [1.82, 2.24) is 4.98 Å². The zero-order valence-corrected chi connectivity index (χ0v) is 19.7. The summed E-state index contributed by atoms with van der Waals surface area (Å²) in [6, 6.07) is 14.6. The number of nitrogens with zero attached hydrogens (tertiary/aromatic N) is 1. The van der Waals surface area contributed by atoms with Crippen LogP contribution >= 0.6 is 0 Å². The van der Waals surface area contributed by atoms with Crippen LogP contribution in [-0.2, 0) is 11.2 Å². The number of esters is 2. The molecule has 0 aliphatic rings.